The maximum absolute atomic E-state index is 11.0. The normalized spacial score (nSPS) is 26.5. The van der Waals surface area contributed by atoms with Gasteiger partial charge in [-0.3, -0.25) is 9.48 Å². The van der Waals surface area contributed by atoms with Gasteiger partial charge in [0.15, 0.2) is 0 Å². The molecule has 1 aromatic rings. The van der Waals surface area contributed by atoms with E-state index in [2.05, 4.69) is 10.3 Å². The highest BCUT2D eigenvalue weighted by Gasteiger charge is 2.34. The van der Waals surface area contributed by atoms with Crippen LogP contribution in [0.25, 0.3) is 0 Å². The standard InChI is InChI=1S/C9H13N3O3/c1-12-5-7(10-11-12)8-6(9(13)14)3-2-4-15-8/h5-6,8H,2-4H2,1H3,(H,13,14)/t6-,8-/m1/s1. The van der Waals surface area contributed by atoms with E-state index in [0.29, 0.717) is 18.7 Å². The van der Waals surface area contributed by atoms with Crippen molar-refractivity contribution in [3.8, 4) is 0 Å². The summed E-state index contributed by atoms with van der Waals surface area (Å²) in [5, 5.41) is 16.7. The van der Waals surface area contributed by atoms with Gasteiger partial charge in [-0.15, -0.1) is 5.10 Å². The Bertz CT molecular complexity index is 363. The molecule has 82 valence electrons. The topological polar surface area (TPSA) is 77.2 Å². The van der Waals surface area contributed by atoms with Crippen molar-refractivity contribution in [3.05, 3.63) is 11.9 Å². The summed E-state index contributed by atoms with van der Waals surface area (Å²) >= 11 is 0. The zero-order chi connectivity index (χ0) is 10.8. The minimum atomic E-state index is -0.828. The predicted molar refractivity (Wildman–Crippen MR) is 50.1 cm³/mol. The van der Waals surface area contributed by atoms with Crippen molar-refractivity contribution in [1.29, 1.82) is 0 Å². The first-order valence-corrected chi connectivity index (χ1v) is 4.89. The lowest BCUT2D eigenvalue weighted by atomic mass is 9.93. The zero-order valence-corrected chi connectivity index (χ0v) is 8.46. The van der Waals surface area contributed by atoms with Crippen LogP contribution in [-0.4, -0.2) is 32.7 Å². The van der Waals surface area contributed by atoms with E-state index >= 15 is 0 Å². The zero-order valence-electron chi connectivity index (χ0n) is 8.46. The van der Waals surface area contributed by atoms with Crippen LogP contribution in [0.3, 0.4) is 0 Å². The van der Waals surface area contributed by atoms with Gasteiger partial charge < -0.3 is 9.84 Å². The number of carboxylic acids is 1. The molecule has 1 aromatic heterocycles. The first kappa shape index (κ1) is 10.1. The molecule has 0 bridgehead atoms. The molecule has 0 amide bonds. The Labute approximate surface area is 86.8 Å². The smallest absolute Gasteiger partial charge is 0.309 e. The number of hydrogen-bond donors (Lipinski definition) is 1. The highest BCUT2D eigenvalue weighted by atomic mass is 16.5. The van der Waals surface area contributed by atoms with Crippen LogP contribution >= 0.6 is 0 Å². The number of carbonyl (C=O) groups is 1. The highest BCUT2D eigenvalue weighted by Crippen LogP contribution is 2.32. The Morgan fingerprint density at radius 1 is 1.73 bits per heavy atom. The molecular weight excluding hydrogens is 198 g/mol. The Balaban J connectivity index is 2.21. The average molecular weight is 211 g/mol. The van der Waals surface area contributed by atoms with Gasteiger partial charge in [0.05, 0.1) is 12.1 Å². The Kier molecular flexibility index (Phi) is 2.68. The predicted octanol–water partition coefficient (Wildman–Crippen LogP) is 0.367. The molecule has 0 saturated carbocycles. The first-order chi connectivity index (χ1) is 7.18. The second-order valence-electron chi connectivity index (χ2n) is 3.70. The van der Waals surface area contributed by atoms with Gasteiger partial charge in [0.2, 0.25) is 0 Å². The van der Waals surface area contributed by atoms with Crippen LogP contribution in [0, 0.1) is 5.92 Å². The fourth-order valence-electron chi connectivity index (χ4n) is 1.82. The lowest BCUT2D eigenvalue weighted by molar-refractivity contribution is -0.152. The van der Waals surface area contributed by atoms with Gasteiger partial charge in [-0.25, -0.2) is 0 Å². The number of aliphatic carboxylic acids is 1. The van der Waals surface area contributed by atoms with Gasteiger partial charge in [0.1, 0.15) is 11.8 Å². The van der Waals surface area contributed by atoms with Crippen molar-refractivity contribution in [1.82, 2.24) is 15.0 Å². The molecule has 2 heterocycles. The molecule has 1 fully saturated rings. The summed E-state index contributed by atoms with van der Waals surface area (Å²) in [7, 11) is 1.75. The molecule has 6 nitrogen and oxygen atoms in total. The Morgan fingerprint density at radius 2 is 2.53 bits per heavy atom. The van der Waals surface area contributed by atoms with Crippen LogP contribution in [0.5, 0.6) is 0 Å². The molecule has 2 rings (SSSR count). The van der Waals surface area contributed by atoms with E-state index in [9.17, 15) is 4.79 Å². The summed E-state index contributed by atoms with van der Waals surface area (Å²) in [5.41, 5.74) is 0.601. The third-order valence-electron chi connectivity index (χ3n) is 2.55. The summed E-state index contributed by atoms with van der Waals surface area (Å²) < 4.78 is 7.00. The molecule has 15 heavy (non-hydrogen) atoms. The molecular formula is C9H13N3O3. The van der Waals surface area contributed by atoms with E-state index in [-0.39, 0.29) is 0 Å². The molecule has 0 radical (unpaired) electrons. The van der Waals surface area contributed by atoms with Crippen LogP contribution in [0.15, 0.2) is 6.20 Å². The minimum Gasteiger partial charge on any atom is -0.481 e. The lowest BCUT2D eigenvalue weighted by Gasteiger charge is -2.27. The van der Waals surface area contributed by atoms with Gasteiger partial charge in [-0.2, -0.15) is 0 Å². The van der Waals surface area contributed by atoms with Crippen molar-refractivity contribution in [2.75, 3.05) is 6.61 Å². The third kappa shape index (κ3) is 1.99. The second kappa shape index (κ2) is 3.98. The SMILES string of the molecule is Cn1cc([C@@H]2OCCC[C@H]2C(=O)O)nn1. The highest BCUT2D eigenvalue weighted by molar-refractivity contribution is 5.71. The van der Waals surface area contributed by atoms with Crippen LogP contribution in [0.4, 0.5) is 0 Å². The summed E-state index contributed by atoms with van der Waals surface area (Å²) in [6.45, 7) is 0.588. The van der Waals surface area contributed by atoms with E-state index in [1.807, 2.05) is 0 Å². The summed E-state index contributed by atoms with van der Waals surface area (Å²) in [5.74, 6) is -1.33. The number of hydrogen-bond acceptors (Lipinski definition) is 4. The van der Waals surface area contributed by atoms with E-state index < -0.39 is 18.0 Å². The summed E-state index contributed by atoms with van der Waals surface area (Å²) in [6.07, 6.45) is 2.67. The van der Waals surface area contributed by atoms with E-state index in [0.717, 1.165) is 6.42 Å². The molecule has 0 aromatic carbocycles. The van der Waals surface area contributed by atoms with Crippen LogP contribution in [-0.2, 0) is 16.6 Å². The van der Waals surface area contributed by atoms with Crippen molar-refractivity contribution in [3.63, 3.8) is 0 Å². The van der Waals surface area contributed by atoms with Gasteiger partial charge in [0, 0.05) is 13.7 Å². The third-order valence-corrected chi connectivity index (χ3v) is 2.55. The molecule has 1 N–H and O–H groups in total. The largest absolute Gasteiger partial charge is 0.481 e. The molecule has 2 atom stereocenters. The van der Waals surface area contributed by atoms with Crippen LogP contribution in [0.2, 0.25) is 0 Å². The van der Waals surface area contributed by atoms with Gasteiger partial charge >= 0.3 is 5.97 Å². The Morgan fingerprint density at radius 3 is 3.13 bits per heavy atom. The maximum Gasteiger partial charge on any atom is 0.309 e. The number of carboxylic acid groups (broad SMARTS) is 1. The molecule has 1 aliphatic heterocycles. The molecule has 1 saturated heterocycles. The average Bonchev–Trinajstić information content (AvgIpc) is 2.65. The van der Waals surface area contributed by atoms with Crippen molar-refractivity contribution in [2.45, 2.75) is 18.9 Å². The van der Waals surface area contributed by atoms with Crippen molar-refractivity contribution in [2.24, 2.45) is 13.0 Å². The van der Waals surface area contributed by atoms with Gasteiger partial charge in [0.25, 0.3) is 0 Å². The molecule has 6 heteroatoms. The van der Waals surface area contributed by atoms with Crippen LogP contribution in [0.1, 0.15) is 24.6 Å². The fraction of sp³-hybridized carbons (Fsp3) is 0.667. The maximum atomic E-state index is 11.0. The van der Waals surface area contributed by atoms with Crippen molar-refractivity contribution >= 4 is 5.97 Å². The first-order valence-electron chi connectivity index (χ1n) is 4.89. The number of rotatable bonds is 2. The fourth-order valence-corrected chi connectivity index (χ4v) is 1.82. The van der Waals surface area contributed by atoms with E-state index in [4.69, 9.17) is 9.84 Å². The van der Waals surface area contributed by atoms with Crippen molar-refractivity contribution < 1.29 is 14.6 Å². The van der Waals surface area contributed by atoms with E-state index in [1.165, 1.54) is 0 Å². The van der Waals surface area contributed by atoms with Gasteiger partial charge in [-0.05, 0) is 12.8 Å². The quantitative estimate of drug-likeness (QED) is 0.764. The monoisotopic (exact) mass is 211 g/mol. The summed E-state index contributed by atoms with van der Waals surface area (Å²) in [4.78, 5) is 11.0. The molecule has 0 unspecified atom stereocenters. The number of aryl methyl sites for hydroxylation is 1. The number of nitrogens with zero attached hydrogens (tertiary/aromatic N) is 3. The molecule has 0 spiro atoms. The lowest BCUT2D eigenvalue weighted by Crippen LogP contribution is -2.29. The second-order valence-corrected chi connectivity index (χ2v) is 3.70. The minimum absolute atomic E-state index is 0.454. The van der Waals surface area contributed by atoms with E-state index in [1.54, 1.807) is 17.9 Å². The summed E-state index contributed by atoms with van der Waals surface area (Å²) in [6, 6.07) is 0. The van der Waals surface area contributed by atoms with Gasteiger partial charge in [-0.1, -0.05) is 5.21 Å². The molecule has 1 aliphatic rings. The Hall–Kier alpha value is -1.43. The molecule has 0 aliphatic carbocycles. The number of ether oxygens (including phenoxy) is 1. The van der Waals surface area contributed by atoms with Crippen LogP contribution < -0.4 is 0 Å². The number of aromatic nitrogens is 3.